The van der Waals surface area contributed by atoms with Gasteiger partial charge < -0.3 is 19.6 Å². The van der Waals surface area contributed by atoms with Crippen molar-refractivity contribution in [1.82, 2.24) is 4.98 Å². The van der Waals surface area contributed by atoms with Gasteiger partial charge in [0.05, 0.1) is 6.61 Å². The van der Waals surface area contributed by atoms with Gasteiger partial charge in [-0.15, -0.1) is 13.2 Å². The van der Waals surface area contributed by atoms with Crippen molar-refractivity contribution in [1.29, 1.82) is 0 Å². The molecular weight excluding hydrogens is 323 g/mol. The van der Waals surface area contributed by atoms with E-state index in [2.05, 4.69) is 14.5 Å². The lowest BCUT2D eigenvalue weighted by Gasteiger charge is -2.15. The summed E-state index contributed by atoms with van der Waals surface area (Å²) < 4.78 is 70.6. The van der Waals surface area contributed by atoms with Gasteiger partial charge >= 0.3 is 18.1 Å². The van der Waals surface area contributed by atoms with E-state index in [1.165, 1.54) is 6.92 Å². The van der Waals surface area contributed by atoms with Gasteiger partial charge in [-0.25, -0.2) is 13.6 Å². The lowest BCUT2D eigenvalue weighted by atomic mass is 10.1. The van der Waals surface area contributed by atoms with Crippen LogP contribution in [0, 0.1) is 10.1 Å². The van der Waals surface area contributed by atoms with Gasteiger partial charge in [-0.05, 0) is 16.8 Å². The van der Waals surface area contributed by atoms with Crippen molar-refractivity contribution in [3.63, 3.8) is 0 Å². The SMILES string of the molecule is CCOC(=O)c1cnc([N+](=O)[O-])c(C(F)F)c1OC(F)(F)F. The zero-order valence-corrected chi connectivity index (χ0v) is 10.7. The Balaban J connectivity index is 3.61. The third-order valence-corrected chi connectivity index (χ3v) is 2.15. The Labute approximate surface area is 118 Å². The smallest absolute Gasteiger partial charge is 0.462 e. The van der Waals surface area contributed by atoms with Crippen LogP contribution in [0.2, 0.25) is 0 Å². The van der Waals surface area contributed by atoms with Crippen LogP contribution < -0.4 is 4.74 Å². The Kier molecular flexibility index (Phi) is 5.17. The maximum absolute atomic E-state index is 12.9. The Morgan fingerprint density at radius 2 is 2.05 bits per heavy atom. The second-order valence-corrected chi connectivity index (χ2v) is 3.56. The van der Waals surface area contributed by atoms with Gasteiger partial charge in [0.2, 0.25) is 0 Å². The number of halogens is 5. The summed E-state index contributed by atoms with van der Waals surface area (Å²) in [6.45, 7) is 1.04. The monoisotopic (exact) mass is 330 g/mol. The molecule has 1 rings (SSSR count). The molecule has 1 heterocycles. The van der Waals surface area contributed by atoms with Gasteiger partial charge in [0.15, 0.2) is 17.5 Å². The Morgan fingerprint density at radius 1 is 1.45 bits per heavy atom. The van der Waals surface area contributed by atoms with E-state index in [1.807, 2.05) is 0 Å². The third kappa shape index (κ3) is 3.99. The van der Waals surface area contributed by atoms with Gasteiger partial charge in [-0.1, -0.05) is 0 Å². The third-order valence-electron chi connectivity index (χ3n) is 2.15. The molecule has 0 amide bonds. The Hall–Kier alpha value is -2.53. The topological polar surface area (TPSA) is 91.6 Å². The fraction of sp³-hybridized carbons (Fsp3) is 0.400. The lowest BCUT2D eigenvalue weighted by Crippen LogP contribution is -2.22. The first kappa shape index (κ1) is 17.5. The largest absolute Gasteiger partial charge is 0.573 e. The number of nitrogens with zero attached hydrogens (tertiary/aromatic N) is 2. The minimum Gasteiger partial charge on any atom is -0.462 e. The summed E-state index contributed by atoms with van der Waals surface area (Å²) >= 11 is 0. The molecule has 0 aliphatic carbocycles. The van der Waals surface area contributed by atoms with E-state index < -0.39 is 46.4 Å². The molecular formula is C10H7F5N2O5. The molecule has 0 saturated carbocycles. The molecule has 0 aliphatic rings. The number of rotatable bonds is 5. The van der Waals surface area contributed by atoms with Gasteiger partial charge in [0, 0.05) is 0 Å². The first-order valence-corrected chi connectivity index (χ1v) is 5.46. The predicted octanol–water partition coefficient (Wildman–Crippen LogP) is 3.00. The molecule has 1 aromatic rings. The molecule has 0 saturated heterocycles. The van der Waals surface area contributed by atoms with E-state index >= 15 is 0 Å². The highest BCUT2D eigenvalue weighted by atomic mass is 19.4. The molecule has 0 aliphatic heterocycles. The lowest BCUT2D eigenvalue weighted by molar-refractivity contribution is -0.391. The summed E-state index contributed by atoms with van der Waals surface area (Å²) in [6.07, 6.45) is -8.89. The summed E-state index contributed by atoms with van der Waals surface area (Å²) in [7, 11) is 0. The van der Waals surface area contributed by atoms with Crippen molar-refractivity contribution in [2.45, 2.75) is 19.7 Å². The zero-order chi connectivity index (χ0) is 17.1. The summed E-state index contributed by atoms with van der Waals surface area (Å²) in [4.78, 5) is 23.6. The summed E-state index contributed by atoms with van der Waals surface area (Å²) in [5, 5.41) is 10.6. The molecule has 0 fully saturated rings. The second-order valence-electron chi connectivity index (χ2n) is 3.56. The van der Waals surface area contributed by atoms with E-state index in [9.17, 15) is 36.9 Å². The predicted molar refractivity (Wildman–Crippen MR) is 58.5 cm³/mol. The molecule has 22 heavy (non-hydrogen) atoms. The molecule has 0 aromatic carbocycles. The number of carbonyl (C=O) groups excluding carboxylic acids is 1. The van der Waals surface area contributed by atoms with Crippen LogP contribution in [0.4, 0.5) is 27.8 Å². The Bertz CT molecular complexity index is 590. The molecule has 0 N–H and O–H groups in total. The van der Waals surface area contributed by atoms with Crippen molar-refractivity contribution < 1.29 is 41.1 Å². The number of nitro groups is 1. The summed E-state index contributed by atoms with van der Waals surface area (Å²) in [5.41, 5.74) is -2.85. The first-order chi connectivity index (χ1) is 10.1. The molecule has 0 bridgehead atoms. The van der Waals surface area contributed by atoms with E-state index in [1.54, 1.807) is 0 Å². The zero-order valence-electron chi connectivity index (χ0n) is 10.7. The first-order valence-electron chi connectivity index (χ1n) is 5.46. The fourth-order valence-corrected chi connectivity index (χ4v) is 1.42. The molecule has 12 heteroatoms. The number of esters is 1. The average molecular weight is 330 g/mol. The van der Waals surface area contributed by atoms with Crippen molar-refractivity contribution in [3.05, 3.63) is 27.4 Å². The maximum Gasteiger partial charge on any atom is 0.573 e. The van der Waals surface area contributed by atoms with Crippen LogP contribution in [-0.2, 0) is 4.74 Å². The number of hydrogen-bond acceptors (Lipinski definition) is 6. The van der Waals surface area contributed by atoms with E-state index in [0.717, 1.165) is 0 Å². The van der Waals surface area contributed by atoms with Crippen molar-refractivity contribution >= 4 is 11.8 Å². The molecule has 122 valence electrons. The van der Waals surface area contributed by atoms with Crippen molar-refractivity contribution in [3.8, 4) is 5.75 Å². The highest BCUT2D eigenvalue weighted by Gasteiger charge is 2.40. The van der Waals surface area contributed by atoms with Crippen LogP contribution >= 0.6 is 0 Å². The van der Waals surface area contributed by atoms with Crippen LogP contribution in [0.15, 0.2) is 6.20 Å². The second kappa shape index (κ2) is 6.49. The van der Waals surface area contributed by atoms with Crippen LogP contribution in [0.3, 0.4) is 0 Å². The van der Waals surface area contributed by atoms with Crippen LogP contribution in [0.1, 0.15) is 29.3 Å². The Morgan fingerprint density at radius 3 is 2.45 bits per heavy atom. The van der Waals surface area contributed by atoms with E-state index in [0.29, 0.717) is 6.20 Å². The number of carbonyl (C=O) groups is 1. The van der Waals surface area contributed by atoms with Crippen LogP contribution in [0.25, 0.3) is 0 Å². The van der Waals surface area contributed by atoms with E-state index in [4.69, 9.17) is 0 Å². The standard InChI is InChI=1S/C10H7F5N2O5/c1-2-21-9(18)4-3-16-8(17(19)20)5(7(11)12)6(4)22-10(13,14)15/h3,7H,2H2,1H3. The van der Waals surface area contributed by atoms with Crippen LogP contribution in [-0.4, -0.2) is 28.8 Å². The van der Waals surface area contributed by atoms with Gasteiger partial charge in [-0.2, -0.15) is 0 Å². The van der Waals surface area contributed by atoms with E-state index in [-0.39, 0.29) is 6.61 Å². The van der Waals surface area contributed by atoms with Crippen molar-refractivity contribution in [2.75, 3.05) is 6.61 Å². The highest BCUT2D eigenvalue weighted by Crippen LogP contribution is 2.40. The molecule has 0 radical (unpaired) electrons. The summed E-state index contributed by atoms with van der Waals surface area (Å²) in [5.74, 6) is -4.70. The van der Waals surface area contributed by atoms with Gasteiger partial charge in [0.25, 0.3) is 6.43 Å². The van der Waals surface area contributed by atoms with Gasteiger partial charge in [-0.3, -0.25) is 0 Å². The maximum atomic E-state index is 12.9. The minimum atomic E-state index is -5.46. The molecule has 0 spiro atoms. The number of pyridine rings is 1. The number of aromatic nitrogens is 1. The summed E-state index contributed by atoms with van der Waals surface area (Å²) in [6, 6.07) is 0. The number of alkyl halides is 5. The molecule has 0 unspecified atom stereocenters. The molecule has 0 atom stereocenters. The van der Waals surface area contributed by atoms with Crippen LogP contribution in [0.5, 0.6) is 5.75 Å². The average Bonchev–Trinajstić information content (AvgIpc) is 2.35. The normalized spacial score (nSPS) is 11.4. The highest BCUT2D eigenvalue weighted by molar-refractivity contribution is 5.93. The number of hydrogen-bond donors (Lipinski definition) is 0. The molecule has 1 aromatic heterocycles. The fourth-order valence-electron chi connectivity index (χ4n) is 1.42. The van der Waals surface area contributed by atoms with Crippen molar-refractivity contribution in [2.24, 2.45) is 0 Å². The minimum absolute atomic E-state index is 0.273. The quantitative estimate of drug-likeness (QED) is 0.357. The molecule has 7 nitrogen and oxygen atoms in total. The number of ether oxygens (including phenoxy) is 2. The van der Waals surface area contributed by atoms with Gasteiger partial charge in [0.1, 0.15) is 5.56 Å².